The third kappa shape index (κ3) is 6.01. The minimum absolute atomic E-state index is 0.0127. The molecule has 1 aromatic rings. The van der Waals surface area contributed by atoms with Crippen LogP contribution >= 0.6 is 0 Å². The number of aliphatic carboxylic acids is 1. The van der Waals surface area contributed by atoms with E-state index in [2.05, 4.69) is 5.32 Å². The number of carbonyl (C=O) groups is 2. The Balaban J connectivity index is 1.79. The summed E-state index contributed by atoms with van der Waals surface area (Å²) in [7, 11) is 0. The molecule has 0 bridgehead atoms. The van der Waals surface area contributed by atoms with E-state index in [-0.39, 0.29) is 31.0 Å². The van der Waals surface area contributed by atoms with Crippen LogP contribution < -0.4 is 5.32 Å². The Morgan fingerprint density at radius 2 is 1.85 bits per heavy atom. The van der Waals surface area contributed by atoms with E-state index in [1.807, 2.05) is 11.8 Å². The predicted octanol–water partition coefficient (Wildman–Crippen LogP) is 2.85. The zero-order valence-electron chi connectivity index (χ0n) is 14.6. The van der Waals surface area contributed by atoms with Crippen LogP contribution in [0.3, 0.4) is 0 Å². The summed E-state index contributed by atoms with van der Waals surface area (Å²) in [6, 6.07) is 6.26. The summed E-state index contributed by atoms with van der Waals surface area (Å²) in [6.07, 6.45) is -3.80. The fraction of sp³-hybridized carbons (Fsp3) is 0.556. The minimum atomic E-state index is -4.19. The maximum absolute atomic E-state index is 12.2. The van der Waals surface area contributed by atoms with Crippen LogP contribution in [0, 0.1) is 0 Å². The molecule has 1 amide bonds. The number of hydrogen-bond acceptors (Lipinski definition) is 3. The van der Waals surface area contributed by atoms with E-state index in [1.54, 1.807) is 0 Å². The topological polar surface area (TPSA) is 69.6 Å². The van der Waals surface area contributed by atoms with Gasteiger partial charge in [-0.05, 0) is 43.5 Å². The fourth-order valence-electron chi connectivity index (χ4n) is 3.05. The first-order valence-corrected chi connectivity index (χ1v) is 8.60. The molecule has 0 aromatic heterocycles. The molecule has 144 valence electrons. The van der Waals surface area contributed by atoms with Gasteiger partial charge in [0.25, 0.3) is 5.91 Å². The van der Waals surface area contributed by atoms with E-state index in [0.717, 1.165) is 0 Å². The van der Waals surface area contributed by atoms with Gasteiger partial charge in [-0.25, -0.2) is 0 Å². The first-order valence-electron chi connectivity index (χ1n) is 8.60. The normalized spacial score (nSPS) is 19.9. The molecule has 0 atom stereocenters. The second kappa shape index (κ2) is 8.53. The van der Waals surface area contributed by atoms with E-state index in [1.165, 1.54) is 24.3 Å². The Kier molecular flexibility index (Phi) is 6.63. The number of nitrogens with zero attached hydrogens (tertiary/aromatic N) is 1. The van der Waals surface area contributed by atoms with Gasteiger partial charge >= 0.3 is 12.1 Å². The molecule has 26 heavy (non-hydrogen) atoms. The standard InChI is InChI=1S/C18H23F3N2O3/c1-2-23(11-16(24)25)15-9-14(10-15)22-17(26)13-5-3-12(4-6-13)7-8-18(19,20)21/h3-6,14-15H,2,7-11H2,1H3,(H,22,26)(H,24,25). The lowest BCUT2D eigenvalue weighted by molar-refractivity contribution is -0.139. The lowest BCUT2D eigenvalue weighted by Crippen LogP contribution is -2.54. The van der Waals surface area contributed by atoms with Gasteiger partial charge in [0.2, 0.25) is 0 Å². The van der Waals surface area contributed by atoms with Gasteiger partial charge in [-0.2, -0.15) is 13.2 Å². The Bertz CT molecular complexity index is 626. The predicted molar refractivity (Wildman–Crippen MR) is 90.0 cm³/mol. The summed E-state index contributed by atoms with van der Waals surface area (Å²) in [5, 5.41) is 11.8. The summed E-state index contributed by atoms with van der Waals surface area (Å²) >= 11 is 0. The van der Waals surface area contributed by atoms with Crippen LogP contribution in [0.1, 0.15) is 42.1 Å². The molecule has 1 aliphatic carbocycles. The van der Waals surface area contributed by atoms with Crippen LogP contribution in [0.25, 0.3) is 0 Å². The lowest BCUT2D eigenvalue weighted by Gasteiger charge is -2.42. The zero-order valence-corrected chi connectivity index (χ0v) is 14.6. The van der Waals surface area contributed by atoms with Crippen molar-refractivity contribution >= 4 is 11.9 Å². The van der Waals surface area contributed by atoms with Crippen molar-refractivity contribution in [1.29, 1.82) is 0 Å². The van der Waals surface area contributed by atoms with Gasteiger partial charge in [0, 0.05) is 24.1 Å². The van der Waals surface area contributed by atoms with Crippen molar-refractivity contribution in [3.05, 3.63) is 35.4 Å². The third-order valence-corrected chi connectivity index (χ3v) is 4.62. The molecule has 0 aliphatic heterocycles. The average molecular weight is 372 g/mol. The van der Waals surface area contributed by atoms with E-state index in [4.69, 9.17) is 5.11 Å². The van der Waals surface area contributed by atoms with Crippen LogP contribution in [0.4, 0.5) is 13.2 Å². The molecule has 1 aromatic carbocycles. The maximum atomic E-state index is 12.2. The Morgan fingerprint density at radius 1 is 1.23 bits per heavy atom. The molecule has 0 saturated heterocycles. The maximum Gasteiger partial charge on any atom is 0.389 e. The summed E-state index contributed by atoms with van der Waals surface area (Å²) < 4.78 is 36.7. The molecule has 2 rings (SSSR count). The van der Waals surface area contributed by atoms with Crippen molar-refractivity contribution in [3.63, 3.8) is 0 Å². The SMILES string of the molecule is CCN(CC(=O)O)C1CC(NC(=O)c2ccc(CCC(F)(F)F)cc2)C1. The summed E-state index contributed by atoms with van der Waals surface area (Å²) in [4.78, 5) is 24.9. The molecule has 0 heterocycles. The van der Waals surface area contributed by atoms with Crippen molar-refractivity contribution in [2.75, 3.05) is 13.1 Å². The highest BCUT2D eigenvalue weighted by molar-refractivity contribution is 5.94. The summed E-state index contributed by atoms with van der Waals surface area (Å²) in [5.74, 6) is -1.14. The van der Waals surface area contributed by atoms with Gasteiger partial charge in [0.15, 0.2) is 0 Å². The van der Waals surface area contributed by atoms with Crippen LogP contribution in [0.2, 0.25) is 0 Å². The van der Waals surface area contributed by atoms with Crippen molar-refractivity contribution < 1.29 is 27.9 Å². The first kappa shape index (κ1) is 20.2. The lowest BCUT2D eigenvalue weighted by atomic mass is 9.85. The number of likely N-dealkylation sites (N-methyl/N-ethyl adjacent to an activating group) is 1. The molecular weight excluding hydrogens is 349 g/mol. The Labute approximate surface area is 150 Å². The summed E-state index contributed by atoms with van der Waals surface area (Å²) in [6.45, 7) is 2.52. The number of hydrogen-bond donors (Lipinski definition) is 2. The third-order valence-electron chi connectivity index (χ3n) is 4.62. The van der Waals surface area contributed by atoms with Crippen LogP contribution in [0.5, 0.6) is 0 Å². The molecule has 0 unspecified atom stereocenters. The van der Waals surface area contributed by atoms with Gasteiger partial charge in [-0.1, -0.05) is 19.1 Å². The smallest absolute Gasteiger partial charge is 0.389 e. The average Bonchev–Trinajstić information content (AvgIpc) is 2.53. The number of carboxylic acid groups (broad SMARTS) is 1. The van der Waals surface area contributed by atoms with Crippen molar-refractivity contribution in [3.8, 4) is 0 Å². The first-order chi connectivity index (χ1) is 12.2. The number of rotatable bonds is 8. The molecule has 0 radical (unpaired) electrons. The quantitative estimate of drug-likeness (QED) is 0.736. The van der Waals surface area contributed by atoms with Crippen molar-refractivity contribution in [2.24, 2.45) is 0 Å². The highest BCUT2D eigenvalue weighted by Gasteiger charge is 2.34. The number of carbonyl (C=O) groups excluding carboxylic acids is 1. The molecule has 2 N–H and O–H groups in total. The highest BCUT2D eigenvalue weighted by atomic mass is 19.4. The van der Waals surface area contributed by atoms with Gasteiger partial charge < -0.3 is 10.4 Å². The number of halogens is 3. The van der Waals surface area contributed by atoms with Crippen LogP contribution in [-0.4, -0.2) is 53.2 Å². The van der Waals surface area contributed by atoms with Crippen molar-refractivity contribution in [1.82, 2.24) is 10.2 Å². The van der Waals surface area contributed by atoms with Gasteiger partial charge in [-0.3, -0.25) is 14.5 Å². The Morgan fingerprint density at radius 3 is 2.35 bits per heavy atom. The highest BCUT2D eigenvalue weighted by Crippen LogP contribution is 2.26. The number of alkyl halides is 3. The zero-order chi connectivity index (χ0) is 19.3. The largest absolute Gasteiger partial charge is 0.480 e. The second-order valence-electron chi connectivity index (χ2n) is 6.56. The number of carboxylic acids is 1. The number of nitrogens with one attached hydrogen (secondary N) is 1. The molecular formula is C18H23F3N2O3. The number of benzene rings is 1. The van der Waals surface area contributed by atoms with Gasteiger partial charge in [0.1, 0.15) is 0 Å². The molecule has 8 heteroatoms. The van der Waals surface area contributed by atoms with E-state index in [0.29, 0.717) is 30.5 Å². The number of aryl methyl sites for hydroxylation is 1. The molecule has 0 spiro atoms. The van der Waals surface area contributed by atoms with E-state index < -0.39 is 18.6 Å². The van der Waals surface area contributed by atoms with Crippen molar-refractivity contribution in [2.45, 2.75) is 50.9 Å². The molecule has 1 saturated carbocycles. The molecule has 5 nitrogen and oxygen atoms in total. The van der Waals surface area contributed by atoms with Gasteiger partial charge in [-0.15, -0.1) is 0 Å². The van der Waals surface area contributed by atoms with Crippen LogP contribution in [0.15, 0.2) is 24.3 Å². The summed E-state index contributed by atoms with van der Waals surface area (Å²) in [5.41, 5.74) is 0.942. The fourth-order valence-corrected chi connectivity index (χ4v) is 3.05. The Hall–Kier alpha value is -2.09. The number of amides is 1. The minimum Gasteiger partial charge on any atom is -0.480 e. The van der Waals surface area contributed by atoms with Crippen LogP contribution in [-0.2, 0) is 11.2 Å². The van der Waals surface area contributed by atoms with Gasteiger partial charge in [0.05, 0.1) is 6.54 Å². The van der Waals surface area contributed by atoms with E-state index >= 15 is 0 Å². The second-order valence-corrected chi connectivity index (χ2v) is 6.56. The molecule has 1 fully saturated rings. The molecule has 1 aliphatic rings. The monoisotopic (exact) mass is 372 g/mol. The van der Waals surface area contributed by atoms with E-state index in [9.17, 15) is 22.8 Å².